The third-order valence-electron chi connectivity index (χ3n) is 3.00. The Bertz CT molecular complexity index is 619. The van der Waals surface area contributed by atoms with Crippen LogP contribution in [0.4, 0.5) is 16.0 Å². The standard InChI is InChI=1S/C15H19FN4O/c1-4-12-13(5-2)19-20-15(18-12)17-10-7-8-14(21-6-3)11(16)9-10/h7-9H,4-6H2,1-3H3,(H,17,18,20). The molecule has 6 heteroatoms. The highest BCUT2D eigenvalue weighted by atomic mass is 19.1. The van der Waals surface area contributed by atoms with Crippen LogP contribution in [0.1, 0.15) is 32.2 Å². The van der Waals surface area contributed by atoms with Gasteiger partial charge in [-0.05, 0) is 31.9 Å². The van der Waals surface area contributed by atoms with Gasteiger partial charge >= 0.3 is 0 Å². The number of halogens is 1. The normalized spacial score (nSPS) is 10.5. The van der Waals surface area contributed by atoms with Crippen molar-refractivity contribution in [1.82, 2.24) is 15.2 Å². The summed E-state index contributed by atoms with van der Waals surface area (Å²) in [7, 11) is 0. The van der Waals surface area contributed by atoms with Gasteiger partial charge in [0.25, 0.3) is 0 Å². The van der Waals surface area contributed by atoms with Crippen molar-refractivity contribution in [2.45, 2.75) is 33.6 Å². The first-order valence-electron chi connectivity index (χ1n) is 7.09. The van der Waals surface area contributed by atoms with Crippen LogP contribution < -0.4 is 10.1 Å². The monoisotopic (exact) mass is 290 g/mol. The number of hydrogen-bond acceptors (Lipinski definition) is 5. The van der Waals surface area contributed by atoms with E-state index in [2.05, 4.69) is 20.5 Å². The van der Waals surface area contributed by atoms with Crippen LogP contribution in [0.25, 0.3) is 0 Å². The molecule has 2 aromatic rings. The predicted octanol–water partition coefficient (Wildman–Crippen LogP) is 3.28. The zero-order chi connectivity index (χ0) is 15.2. The Balaban J connectivity index is 2.20. The zero-order valence-corrected chi connectivity index (χ0v) is 12.5. The highest BCUT2D eigenvalue weighted by molar-refractivity contribution is 5.54. The topological polar surface area (TPSA) is 59.9 Å². The minimum absolute atomic E-state index is 0.234. The van der Waals surface area contributed by atoms with E-state index in [0.29, 0.717) is 18.2 Å². The maximum absolute atomic E-state index is 13.8. The van der Waals surface area contributed by atoms with Crippen LogP contribution in [-0.2, 0) is 12.8 Å². The van der Waals surface area contributed by atoms with Gasteiger partial charge in [-0.1, -0.05) is 13.8 Å². The molecule has 5 nitrogen and oxygen atoms in total. The van der Waals surface area contributed by atoms with Gasteiger partial charge in [-0.3, -0.25) is 0 Å². The third-order valence-corrected chi connectivity index (χ3v) is 3.00. The summed E-state index contributed by atoms with van der Waals surface area (Å²) in [6, 6.07) is 4.65. The molecular weight excluding hydrogens is 271 g/mol. The zero-order valence-electron chi connectivity index (χ0n) is 12.5. The lowest BCUT2D eigenvalue weighted by atomic mass is 10.2. The molecule has 1 N–H and O–H groups in total. The second-order valence-corrected chi connectivity index (χ2v) is 4.44. The highest BCUT2D eigenvalue weighted by Crippen LogP contribution is 2.22. The van der Waals surface area contributed by atoms with Gasteiger partial charge in [0, 0.05) is 11.8 Å². The van der Waals surface area contributed by atoms with E-state index in [1.807, 2.05) is 20.8 Å². The maximum Gasteiger partial charge on any atom is 0.247 e. The van der Waals surface area contributed by atoms with E-state index in [1.165, 1.54) is 6.07 Å². The summed E-state index contributed by atoms with van der Waals surface area (Å²) in [4.78, 5) is 4.41. The van der Waals surface area contributed by atoms with Crippen LogP contribution in [-0.4, -0.2) is 21.8 Å². The van der Waals surface area contributed by atoms with E-state index >= 15 is 0 Å². The van der Waals surface area contributed by atoms with Gasteiger partial charge in [-0.2, -0.15) is 0 Å². The molecular formula is C15H19FN4O. The van der Waals surface area contributed by atoms with Gasteiger partial charge in [0.1, 0.15) is 0 Å². The molecule has 21 heavy (non-hydrogen) atoms. The molecule has 0 bridgehead atoms. The number of hydrogen-bond donors (Lipinski definition) is 1. The molecule has 0 saturated heterocycles. The fourth-order valence-electron chi connectivity index (χ4n) is 1.97. The van der Waals surface area contributed by atoms with E-state index in [-0.39, 0.29) is 5.75 Å². The third kappa shape index (κ3) is 3.65. The molecule has 0 aliphatic heterocycles. The van der Waals surface area contributed by atoms with Crippen molar-refractivity contribution in [1.29, 1.82) is 0 Å². The Labute approximate surface area is 123 Å². The molecule has 0 radical (unpaired) electrons. The first-order valence-corrected chi connectivity index (χ1v) is 7.09. The number of aryl methyl sites for hydroxylation is 2. The van der Waals surface area contributed by atoms with Gasteiger partial charge in [0.05, 0.1) is 18.0 Å². The first-order chi connectivity index (χ1) is 10.2. The summed E-state index contributed by atoms with van der Waals surface area (Å²) in [6.07, 6.45) is 1.58. The Morgan fingerprint density at radius 1 is 1.10 bits per heavy atom. The number of benzene rings is 1. The molecule has 1 heterocycles. The molecule has 0 aliphatic carbocycles. The Morgan fingerprint density at radius 2 is 1.86 bits per heavy atom. The molecule has 0 aliphatic rings. The van der Waals surface area contributed by atoms with Gasteiger partial charge in [0.2, 0.25) is 5.95 Å². The highest BCUT2D eigenvalue weighted by Gasteiger charge is 2.08. The van der Waals surface area contributed by atoms with Gasteiger partial charge in [0.15, 0.2) is 11.6 Å². The van der Waals surface area contributed by atoms with Crippen molar-refractivity contribution in [3.63, 3.8) is 0 Å². The smallest absolute Gasteiger partial charge is 0.247 e. The lowest BCUT2D eigenvalue weighted by Gasteiger charge is -2.09. The van der Waals surface area contributed by atoms with Crippen LogP contribution in [0, 0.1) is 5.82 Å². The van der Waals surface area contributed by atoms with Crippen LogP contribution >= 0.6 is 0 Å². The largest absolute Gasteiger partial charge is 0.491 e. The maximum atomic E-state index is 13.8. The summed E-state index contributed by atoms with van der Waals surface area (Å²) in [5.41, 5.74) is 2.35. The molecule has 1 aromatic heterocycles. The number of nitrogens with zero attached hydrogens (tertiary/aromatic N) is 3. The Hall–Kier alpha value is -2.24. The second kappa shape index (κ2) is 6.97. The lowest BCUT2D eigenvalue weighted by Crippen LogP contribution is -2.06. The SMILES string of the molecule is CCOc1ccc(Nc2nnc(CC)c(CC)n2)cc1F. The van der Waals surface area contributed by atoms with Crippen molar-refractivity contribution in [3.8, 4) is 5.75 Å². The van der Waals surface area contributed by atoms with Gasteiger partial charge in [-0.25, -0.2) is 9.37 Å². The van der Waals surface area contributed by atoms with Gasteiger partial charge < -0.3 is 10.1 Å². The molecule has 0 saturated carbocycles. The number of aromatic nitrogens is 3. The molecule has 112 valence electrons. The molecule has 0 fully saturated rings. The molecule has 2 rings (SSSR count). The van der Waals surface area contributed by atoms with Crippen molar-refractivity contribution < 1.29 is 9.13 Å². The molecule has 1 aromatic carbocycles. The minimum Gasteiger partial charge on any atom is -0.491 e. The summed E-state index contributed by atoms with van der Waals surface area (Å²) in [5.74, 6) is 0.181. The van der Waals surface area contributed by atoms with Crippen molar-refractivity contribution in [3.05, 3.63) is 35.4 Å². The van der Waals surface area contributed by atoms with E-state index in [1.54, 1.807) is 12.1 Å². The van der Waals surface area contributed by atoms with Crippen LogP contribution in [0.2, 0.25) is 0 Å². The van der Waals surface area contributed by atoms with Crippen LogP contribution in [0.15, 0.2) is 18.2 Å². The average molecular weight is 290 g/mol. The summed E-state index contributed by atoms with van der Waals surface area (Å²) in [6.45, 7) is 6.27. The summed E-state index contributed by atoms with van der Waals surface area (Å²) < 4.78 is 18.9. The van der Waals surface area contributed by atoms with E-state index in [4.69, 9.17) is 4.74 Å². The summed E-state index contributed by atoms with van der Waals surface area (Å²) >= 11 is 0. The number of nitrogens with one attached hydrogen (secondary N) is 1. The molecule has 0 amide bonds. The van der Waals surface area contributed by atoms with E-state index in [0.717, 1.165) is 24.2 Å². The second-order valence-electron chi connectivity index (χ2n) is 4.44. The van der Waals surface area contributed by atoms with Gasteiger partial charge in [-0.15, -0.1) is 10.2 Å². The number of rotatable bonds is 6. The average Bonchev–Trinajstić information content (AvgIpc) is 2.50. The van der Waals surface area contributed by atoms with E-state index < -0.39 is 5.82 Å². The van der Waals surface area contributed by atoms with Crippen molar-refractivity contribution in [2.75, 3.05) is 11.9 Å². The van der Waals surface area contributed by atoms with E-state index in [9.17, 15) is 4.39 Å². The van der Waals surface area contributed by atoms with Crippen molar-refractivity contribution in [2.24, 2.45) is 0 Å². The Morgan fingerprint density at radius 3 is 2.48 bits per heavy atom. The van der Waals surface area contributed by atoms with Crippen LogP contribution in [0.5, 0.6) is 5.75 Å². The molecule has 0 unspecified atom stereocenters. The predicted molar refractivity (Wildman–Crippen MR) is 79.4 cm³/mol. The fraction of sp³-hybridized carbons (Fsp3) is 0.400. The van der Waals surface area contributed by atoms with Crippen molar-refractivity contribution >= 4 is 11.6 Å². The lowest BCUT2D eigenvalue weighted by molar-refractivity contribution is 0.321. The minimum atomic E-state index is -0.421. The Kier molecular flexibility index (Phi) is 5.03. The fourth-order valence-corrected chi connectivity index (χ4v) is 1.97. The van der Waals surface area contributed by atoms with Crippen LogP contribution in [0.3, 0.4) is 0 Å². The molecule has 0 atom stereocenters. The summed E-state index contributed by atoms with van der Waals surface area (Å²) in [5, 5.41) is 11.1. The number of anilines is 2. The quantitative estimate of drug-likeness (QED) is 0.884. The molecule has 0 spiro atoms. The number of ether oxygens (including phenoxy) is 1. The first kappa shape index (κ1) is 15.2.